The van der Waals surface area contributed by atoms with Crippen LogP contribution in [0.1, 0.15) is 0 Å². The molecule has 0 aliphatic rings. The Balaban J connectivity index is 0. The zero-order chi connectivity index (χ0) is 6.50. The Morgan fingerprint density at radius 1 is 1.00 bits per heavy atom. The van der Waals surface area contributed by atoms with E-state index in [1.165, 1.54) is 0 Å². The van der Waals surface area contributed by atoms with Gasteiger partial charge in [0.2, 0.25) is 0 Å². The minimum absolute atomic E-state index is 0.750. The Morgan fingerprint density at radius 2 is 1.00 bits per heavy atom. The van der Waals surface area contributed by atoms with Crippen LogP contribution in [0.3, 0.4) is 0 Å². The van der Waals surface area contributed by atoms with Crippen LogP contribution in [0.2, 0.25) is 0 Å². The third-order valence-electron chi connectivity index (χ3n) is 0. The van der Waals surface area contributed by atoms with Gasteiger partial charge in [-0.2, -0.15) is 0 Å². The van der Waals surface area contributed by atoms with Crippen LogP contribution >= 0.6 is 0 Å². The van der Waals surface area contributed by atoms with Crippen molar-refractivity contribution in [3.63, 3.8) is 0 Å². The molecule has 1 nitrogen and oxygen atoms in total. The highest BCUT2D eigenvalue weighted by molar-refractivity contribution is 6.50. The summed E-state index contributed by atoms with van der Waals surface area (Å²) in [4.78, 5) is 0. The van der Waals surface area contributed by atoms with Gasteiger partial charge >= 0.3 is 7.25 Å². The zero-order valence-corrected chi connectivity index (χ0v) is 3.50. The molecule has 0 amide bonds. The van der Waals surface area contributed by atoms with Crippen LogP contribution in [0, 0.1) is 0 Å². The van der Waals surface area contributed by atoms with E-state index < -0.39 is 7.25 Å². The lowest BCUT2D eigenvalue weighted by Crippen LogP contribution is -2.02. The van der Waals surface area contributed by atoms with Crippen molar-refractivity contribution in [1.82, 2.24) is 0 Å². The van der Waals surface area contributed by atoms with E-state index in [1.807, 2.05) is 0 Å². The van der Waals surface area contributed by atoms with E-state index in [9.17, 15) is 17.3 Å². The van der Waals surface area contributed by atoms with Crippen LogP contribution in [0.4, 0.5) is 17.3 Å². The number of rotatable bonds is 0. The predicted octanol–water partition coefficient (Wildman–Crippen LogP) is 1.35. The maximum absolute atomic E-state index is 9.75. The van der Waals surface area contributed by atoms with Crippen LogP contribution in [0.15, 0.2) is 0 Å². The first-order chi connectivity index (χ1) is 3.00. The van der Waals surface area contributed by atoms with Gasteiger partial charge < -0.3 is 17.3 Å². The number of hydrogen-bond acceptors (Lipinski definition) is 0. The Bertz CT molecular complexity index is 27.2. The smallest absolute Gasteiger partial charge is 0.418 e. The molecule has 0 N–H and O–H groups in total. The largest absolute Gasteiger partial charge is 0.673 e. The molecule has 0 aromatic heterocycles. The Morgan fingerprint density at radius 3 is 1.00 bits per heavy atom. The molecule has 0 aromatic rings. The molecular formula is CH3BF4O-. The lowest BCUT2D eigenvalue weighted by atomic mass is 10.3. The summed E-state index contributed by atoms with van der Waals surface area (Å²) >= 11 is 0. The molecule has 0 atom stereocenters. The molecule has 0 rings (SSSR count). The van der Waals surface area contributed by atoms with Crippen LogP contribution in [0.5, 0.6) is 0 Å². The highest BCUT2D eigenvalue weighted by atomic mass is 19.5. The molecular weight excluding hydrogens is 115 g/mol. The predicted molar refractivity (Wildman–Crippen MR) is 16.8 cm³/mol. The van der Waals surface area contributed by atoms with Gasteiger partial charge in [0.1, 0.15) is 0 Å². The monoisotopic (exact) mass is 118 g/mol. The van der Waals surface area contributed by atoms with Crippen molar-refractivity contribution >= 4 is 7.25 Å². The van der Waals surface area contributed by atoms with Crippen molar-refractivity contribution in [3.8, 4) is 0 Å². The second kappa shape index (κ2) is 3.92. The average molecular weight is 118 g/mol. The van der Waals surface area contributed by atoms with Gasteiger partial charge in [0, 0.05) is 0 Å². The maximum Gasteiger partial charge on any atom is 0.673 e. The highest BCUT2D eigenvalue weighted by Crippen LogP contribution is 2.06. The first-order valence-electron chi connectivity index (χ1n) is 1.28. The van der Waals surface area contributed by atoms with Gasteiger partial charge in [-0.1, -0.05) is 0 Å². The van der Waals surface area contributed by atoms with E-state index in [2.05, 4.69) is 0 Å². The standard InChI is InChI=1S/CH3O.BF4/c1-2;2-1(3,4)5/h1H3;/q;-1. The van der Waals surface area contributed by atoms with Gasteiger partial charge in [0.05, 0.1) is 7.11 Å². The van der Waals surface area contributed by atoms with Crippen molar-refractivity contribution in [1.29, 1.82) is 0 Å². The van der Waals surface area contributed by atoms with E-state index in [0.717, 1.165) is 7.11 Å². The zero-order valence-electron chi connectivity index (χ0n) is 3.50. The van der Waals surface area contributed by atoms with Crippen molar-refractivity contribution in [2.24, 2.45) is 0 Å². The molecule has 0 fully saturated rings. The van der Waals surface area contributed by atoms with Gasteiger partial charge in [-0.15, -0.1) is 0 Å². The molecule has 0 heterocycles. The second-order valence-corrected chi connectivity index (χ2v) is 0.495. The third kappa shape index (κ3) is 1240. The van der Waals surface area contributed by atoms with Gasteiger partial charge in [-0.05, 0) is 0 Å². The lowest BCUT2D eigenvalue weighted by Gasteiger charge is -1.94. The summed E-state index contributed by atoms with van der Waals surface area (Å²) in [6.07, 6.45) is 0. The van der Waals surface area contributed by atoms with Gasteiger partial charge in [-0.25, -0.2) is 5.11 Å². The lowest BCUT2D eigenvalue weighted by molar-refractivity contribution is 0.282. The van der Waals surface area contributed by atoms with Crippen molar-refractivity contribution < 1.29 is 22.4 Å². The highest BCUT2D eigenvalue weighted by Gasteiger charge is 2.20. The first kappa shape index (κ1) is 9.89. The summed E-state index contributed by atoms with van der Waals surface area (Å²) in [6, 6.07) is 0. The van der Waals surface area contributed by atoms with Crippen LogP contribution < -0.4 is 0 Å². The number of halogens is 4. The maximum atomic E-state index is 9.75. The van der Waals surface area contributed by atoms with Gasteiger partial charge in [0.15, 0.2) is 0 Å². The molecule has 1 radical (unpaired) electrons. The van der Waals surface area contributed by atoms with E-state index in [1.54, 1.807) is 0 Å². The molecule has 0 aromatic carbocycles. The topological polar surface area (TPSA) is 19.9 Å². The van der Waals surface area contributed by atoms with Gasteiger partial charge in [-0.3, -0.25) is 0 Å². The normalized spacial score (nSPS) is 9.43. The Hall–Kier alpha value is -0.255. The van der Waals surface area contributed by atoms with E-state index >= 15 is 0 Å². The van der Waals surface area contributed by atoms with E-state index in [4.69, 9.17) is 5.11 Å². The molecule has 0 saturated carbocycles. The van der Waals surface area contributed by atoms with Crippen molar-refractivity contribution in [3.05, 3.63) is 0 Å². The minimum atomic E-state index is -6.00. The molecule has 0 aliphatic carbocycles. The third-order valence-corrected chi connectivity index (χ3v) is 0. The van der Waals surface area contributed by atoms with Crippen LogP contribution in [-0.2, 0) is 5.11 Å². The Kier molecular flexibility index (Phi) is 5.54. The minimum Gasteiger partial charge on any atom is -0.418 e. The molecule has 7 heavy (non-hydrogen) atoms. The van der Waals surface area contributed by atoms with Crippen molar-refractivity contribution in [2.45, 2.75) is 0 Å². The summed E-state index contributed by atoms with van der Waals surface area (Å²) in [5.41, 5.74) is 0. The second-order valence-electron chi connectivity index (χ2n) is 0.495. The summed E-state index contributed by atoms with van der Waals surface area (Å²) in [5.74, 6) is 0. The van der Waals surface area contributed by atoms with Crippen LogP contribution in [0.25, 0.3) is 0 Å². The molecule has 0 saturated heterocycles. The first-order valence-corrected chi connectivity index (χ1v) is 1.28. The quantitative estimate of drug-likeness (QED) is 0.337. The van der Waals surface area contributed by atoms with E-state index in [-0.39, 0.29) is 0 Å². The molecule has 0 bridgehead atoms. The fraction of sp³-hybridized carbons (Fsp3) is 1.00. The SMILES string of the molecule is C[O].F[B-](F)(F)F. The molecule has 0 unspecified atom stereocenters. The van der Waals surface area contributed by atoms with Crippen molar-refractivity contribution in [2.75, 3.05) is 7.11 Å². The molecule has 0 spiro atoms. The average Bonchev–Trinajstić information content (AvgIpc) is 1.36. The Labute approximate surface area is 38.1 Å². The summed E-state index contributed by atoms with van der Waals surface area (Å²) in [6.45, 7) is 0. The van der Waals surface area contributed by atoms with Crippen LogP contribution in [-0.4, -0.2) is 14.4 Å². The molecule has 0 aliphatic heterocycles. The molecule has 45 valence electrons. The summed E-state index contributed by atoms with van der Waals surface area (Å²) in [5, 5.41) is 8.25. The fourth-order valence-corrected chi connectivity index (χ4v) is 0. The summed E-state index contributed by atoms with van der Waals surface area (Å²) < 4.78 is 39.0. The molecule has 6 heteroatoms. The summed E-state index contributed by atoms with van der Waals surface area (Å²) in [7, 11) is -5.25. The van der Waals surface area contributed by atoms with Gasteiger partial charge in [0.25, 0.3) is 0 Å². The fourth-order valence-electron chi connectivity index (χ4n) is 0. The number of hydrogen-bond donors (Lipinski definition) is 0. The van der Waals surface area contributed by atoms with E-state index in [0.29, 0.717) is 0 Å².